The normalized spacial score (nSPS) is 24.5. The van der Waals surface area contributed by atoms with Crippen LogP contribution < -0.4 is 4.74 Å². The quantitative estimate of drug-likeness (QED) is 0.834. The predicted molar refractivity (Wildman–Crippen MR) is 76.5 cm³/mol. The number of hydrogen-bond donors (Lipinski definition) is 0. The van der Waals surface area contributed by atoms with Crippen LogP contribution in [0, 0.1) is 5.92 Å². The number of Topliss-reactive ketones (excluding diaryl/α,β-unsaturated/α-hetero) is 1. The first-order valence-electron chi connectivity index (χ1n) is 7.01. The van der Waals surface area contributed by atoms with E-state index in [-0.39, 0.29) is 5.92 Å². The summed E-state index contributed by atoms with van der Waals surface area (Å²) in [6.45, 7) is 6.11. The topological polar surface area (TPSA) is 29.5 Å². The highest BCUT2D eigenvalue weighted by Crippen LogP contribution is 2.21. The standard InChI is InChI=1S/C16H23NO2/c1-12-13(2)17(10-8-16(12)18)9-7-14-5-4-6-15(11-14)19-3/h4-6,11-13H,7-10H2,1-3H3. The Bertz CT molecular complexity index is 444. The van der Waals surface area contributed by atoms with Crippen LogP contribution in [0.4, 0.5) is 0 Å². The summed E-state index contributed by atoms with van der Waals surface area (Å²) in [6, 6.07) is 8.56. The van der Waals surface area contributed by atoms with Crippen molar-refractivity contribution in [2.75, 3.05) is 20.2 Å². The van der Waals surface area contributed by atoms with Crippen molar-refractivity contribution in [1.29, 1.82) is 0 Å². The Balaban J connectivity index is 1.93. The van der Waals surface area contributed by atoms with Gasteiger partial charge in [-0.3, -0.25) is 9.69 Å². The molecule has 0 bridgehead atoms. The smallest absolute Gasteiger partial charge is 0.138 e. The second kappa shape index (κ2) is 6.20. The number of piperidine rings is 1. The summed E-state index contributed by atoms with van der Waals surface area (Å²) in [6.07, 6.45) is 1.70. The highest BCUT2D eigenvalue weighted by atomic mass is 16.5. The number of ether oxygens (including phenoxy) is 1. The van der Waals surface area contributed by atoms with E-state index in [2.05, 4.69) is 24.0 Å². The predicted octanol–water partition coefficient (Wildman–Crippen LogP) is 2.54. The van der Waals surface area contributed by atoms with Crippen LogP contribution in [0.2, 0.25) is 0 Å². The lowest BCUT2D eigenvalue weighted by Crippen LogP contribution is -2.47. The molecule has 0 aromatic heterocycles. The van der Waals surface area contributed by atoms with Gasteiger partial charge in [0.2, 0.25) is 0 Å². The molecule has 3 heteroatoms. The Hall–Kier alpha value is -1.35. The molecule has 1 aromatic rings. The van der Waals surface area contributed by atoms with Crippen LogP contribution in [0.15, 0.2) is 24.3 Å². The fourth-order valence-electron chi connectivity index (χ4n) is 2.69. The van der Waals surface area contributed by atoms with Gasteiger partial charge in [-0.25, -0.2) is 0 Å². The monoisotopic (exact) mass is 261 g/mol. The molecular formula is C16H23NO2. The molecule has 104 valence electrons. The molecule has 3 nitrogen and oxygen atoms in total. The van der Waals surface area contributed by atoms with Crippen LogP contribution in [-0.2, 0) is 11.2 Å². The number of carbonyl (C=O) groups is 1. The van der Waals surface area contributed by atoms with Crippen LogP contribution in [0.5, 0.6) is 5.75 Å². The highest BCUT2D eigenvalue weighted by molar-refractivity contribution is 5.82. The zero-order chi connectivity index (χ0) is 13.8. The lowest BCUT2D eigenvalue weighted by Gasteiger charge is -2.36. The van der Waals surface area contributed by atoms with E-state index in [0.29, 0.717) is 18.2 Å². The molecule has 1 heterocycles. The van der Waals surface area contributed by atoms with Crippen LogP contribution in [0.3, 0.4) is 0 Å². The molecule has 0 N–H and O–H groups in total. The third-order valence-corrected chi connectivity index (χ3v) is 4.27. The van der Waals surface area contributed by atoms with Gasteiger partial charge >= 0.3 is 0 Å². The minimum Gasteiger partial charge on any atom is -0.497 e. The molecule has 0 saturated carbocycles. The first kappa shape index (κ1) is 14.1. The molecule has 19 heavy (non-hydrogen) atoms. The molecule has 2 unspecified atom stereocenters. The lowest BCUT2D eigenvalue weighted by molar-refractivity contribution is -0.127. The van der Waals surface area contributed by atoms with Crippen molar-refractivity contribution in [3.63, 3.8) is 0 Å². The summed E-state index contributed by atoms with van der Waals surface area (Å²) in [5.41, 5.74) is 1.29. The van der Waals surface area contributed by atoms with Gasteiger partial charge in [0, 0.05) is 31.5 Å². The van der Waals surface area contributed by atoms with Crippen LogP contribution in [0.25, 0.3) is 0 Å². The highest BCUT2D eigenvalue weighted by Gasteiger charge is 2.30. The molecule has 0 amide bonds. The van der Waals surface area contributed by atoms with Gasteiger partial charge < -0.3 is 4.74 Å². The van der Waals surface area contributed by atoms with Crippen molar-refractivity contribution in [2.45, 2.75) is 32.7 Å². The third kappa shape index (κ3) is 3.35. The second-order valence-electron chi connectivity index (χ2n) is 5.38. The Kier molecular flexibility index (Phi) is 4.59. The minimum atomic E-state index is 0.166. The van der Waals surface area contributed by atoms with Gasteiger partial charge in [-0.05, 0) is 31.0 Å². The molecule has 2 atom stereocenters. The van der Waals surface area contributed by atoms with Gasteiger partial charge in [-0.1, -0.05) is 19.1 Å². The summed E-state index contributed by atoms with van der Waals surface area (Å²) in [4.78, 5) is 14.1. The van der Waals surface area contributed by atoms with E-state index >= 15 is 0 Å². The van der Waals surface area contributed by atoms with E-state index in [1.54, 1.807) is 7.11 Å². The molecule has 1 aliphatic rings. The minimum absolute atomic E-state index is 0.166. The molecule has 1 aromatic carbocycles. The van der Waals surface area contributed by atoms with Crippen molar-refractivity contribution < 1.29 is 9.53 Å². The van der Waals surface area contributed by atoms with Crippen LogP contribution in [-0.4, -0.2) is 36.9 Å². The van der Waals surface area contributed by atoms with Gasteiger partial charge in [-0.2, -0.15) is 0 Å². The van der Waals surface area contributed by atoms with E-state index in [4.69, 9.17) is 4.74 Å². The number of ketones is 1. The summed E-state index contributed by atoms with van der Waals surface area (Å²) in [7, 11) is 1.69. The summed E-state index contributed by atoms with van der Waals surface area (Å²) >= 11 is 0. The lowest BCUT2D eigenvalue weighted by atomic mass is 9.90. The first-order valence-corrected chi connectivity index (χ1v) is 7.01. The Morgan fingerprint density at radius 2 is 2.16 bits per heavy atom. The van der Waals surface area contributed by atoms with Crippen molar-refractivity contribution >= 4 is 5.78 Å². The average molecular weight is 261 g/mol. The van der Waals surface area contributed by atoms with Gasteiger partial charge in [0.25, 0.3) is 0 Å². The zero-order valence-corrected chi connectivity index (χ0v) is 12.1. The number of rotatable bonds is 4. The summed E-state index contributed by atoms with van der Waals surface area (Å²) in [5, 5.41) is 0. The number of carbonyl (C=O) groups excluding carboxylic acids is 1. The van der Waals surface area contributed by atoms with E-state index in [9.17, 15) is 4.79 Å². The number of nitrogens with zero attached hydrogens (tertiary/aromatic N) is 1. The van der Waals surface area contributed by atoms with Gasteiger partial charge in [-0.15, -0.1) is 0 Å². The second-order valence-corrected chi connectivity index (χ2v) is 5.38. The maximum atomic E-state index is 11.7. The number of methoxy groups -OCH3 is 1. The third-order valence-electron chi connectivity index (χ3n) is 4.27. The SMILES string of the molecule is COc1cccc(CCN2CCC(=O)C(C)C2C)c1. The van der Waals surface area contributed by atoms with Gasteiger partial charge in [0.05, 0.1) is 7.11 Å². The summed E-state index contributed by atoms with van der Waals surface area (Å²) in [5.74, 6) is 1.48. The summed E-state index contributed by atoms with van der Waals surface area (Å²) < 4.78 is 5.24. The Morgan fingerprint density at radius 3 is 2.89 bits per heavy atom. The number of benzene rings is 1. The fourth-order valence-corrected chi connectivity index (χ4v) is 2.69. The van der Waals surface area contributed by atoms with Crippen molar-refractivity contribution in [3.05, 3.63) is 29.8 Å². The maximum absolute atomic E-state index is 11.7. The molecule has 2 rings (SSSR count). The molecule has 1 fully saturated rings. The Morgan fingerprint density at radius 1 is 1.37 bits per heavy atom. The molecule has 1 saturated heterocycles. The van der Waals surface area contributed by atoms with Gasteiger partial charge in [0.1, 0.15) is 11.5 Å². The number of likely N-dealkylation sites (tertiary alicyclic amines) is 1. The molecule has 0 radical (unpaired) electrons. The molecule has 1 aliphatic heterocycles. The van der Waals surface area contributed by atoms with E-state index < -0.39 is 0 Å². The first-order chi connectivity index (χ1) is 9.11. The maximum Gasteiger partial charge on any atom is 0.138 e. The van der Waals surface area contributed by atoms with E-state index in [1.165, 1.54) is 5.56 Å². The van der Waals surface area contributed by atoms with Gasteiger partial charge in [0.15, 0.2) is 0 Å². The average Bonchev–Trinajstić information content (AvgIpc) is 2.44. The van der Waals surface area contributed by atoms with Crippen molar-refractivity contribution in [2.24, 2.45) is 5.92 Å². The van der Waals surface area contributed by atoms with Crippen molar-refractivity contribution in [1.82, 2.24) is 4.90 Å². The van der Waals surface area contributed by atoms with E-state index in [0.717, 1.165) is 25.3 Å². The molecule has 0 spiro atoms. The fraction of sp³-hybridized carbons (Fsp3) is 0.562. The molecule has 0 aliphatic carbocycles. The van der Waals surface area contributed by atoms with Crippen molar-refractivity contribution in [3.8, 4) is 5.75 Å². The Labute approximate surface area is 115 Å². The number of hydrogen-bond acceptors (Lipinski definition) is 3. The van der Waals surface area contributed by atoms with Crippen LogP contribution >= 0.6 is 0 Å². The largest absolute Gasteiger partial charge is 0.497 e. The van der Waals surface area contributed by atoms with E-state index in [1.807, 2.05) is 19.1 Å². The molecular weight excluding hydrogens is 238 g/mol. The zero-order valence-electron chi connectivity index (χ0n) is 12.1. The van der Waals surface area contributed by atoms with Crippen LogP contribution in [0.1, 0.15) is 25.8 Å².